The Morgan fingerprint density at radius 3 is 2.71 bits per heavy atom. The summed E-state index contributed by atoms with van der Waals surface area (Å²) >= 11 is 7.15. The first-order valence-corrected chi connectivity index (χ1v) is 7.36. The Bertz CT molecular complexity index is 679. The fraction of sp³-hybridized carbons (Fsp3) is 0.0714. The first-order valence-electron chi connectivity index (χ1n) is 6.00. The van der Waals surface area contributed by atoms with Gasteiger partial charge in [-0.3, -0.25) is 9.59 Å². The number of para-hydroxylation sites is 1. The highest BCUT2D eigenvalue weighted by Crippen LogP contribution is 2.27. The molecular weight excluding hydrogens is 310 g/mol. The van der Waals surface area contributed by atoms with Crippen molar-refractivity contribution in [3.8, 4) is 0 Å². The molecule has 0 aliphatic heterocycles. The SMILES string of the molecule is NC(=O)CSc1ccccc1NC(=O)c1cccnc1Cl. The number of benzene rings is 1. The molecule has 0 radical (unpaired) electrons. The van der Waals surface area contributed by atoms with Crippen molar-refractivity contribution < 1.29 is 9.59 Å². The van der Waals surface area contributed by atoms with Gasteiger partial charge in [-0.05, 0) is 24.3 Å². The monoisotopic (exact) mass is 321 g/mol. The summed E-state index contributed by atoms with van der Waals surface area (Å²) in [5.74, 6) is -0.641. The number of nitrogens with one attached hydrogen (secondary N) is 1. The van der Waals surface area contributed by atoms with E-state index in [4.69, 9.17) is 17.3 Å². The zero-order valence-corrected chi connectivity index (χ0v) is 12.4. The van der Waals surface area contributed by atoms with Crippen LogP contribution in [0.2, 0.25) is 5.15 Å². The molecule has 1 aromatic carbocycles. The van der Waals surface area contributed by atoms with Gasteiger partial charge in [0.25, 0.3) is 5.91 Å². The highest BCUT2D eigenvalue weighted by Gasteiger charge is 2.13. The second-order valence-electron chi connectivity index (χ2n) is 4.05. The van der Waals surface area contributed by atoms with Gasteiger partial charge < -0.3 is 11.1 Å². The smallest absolute Gasteiger partial charge is 0.258 e. The van der Waals surface area contributed by atoms with Crippen molar-refractivity contribution >= 4 is 40.9 Å². The van der Waals surface area contributed by atoms with Gasteiger partial charge in [0, 0.05) is 11.1 Å². The second-order valence-corrected chi connectivity index (χ2v) is 5.42. The quantitative estimate of drug-likeness (QED) is 0.654. The van der Waals surface area contributed by atoms with Crippen LogP contribution in [-0.2, 0) is 4.79 Å². The van der Waals surface area contributed by atoms with E-state index in [1.165, 1.54) is 18.0 Å². The average Bonchev–Trinajstić information content (AvgIpc) is 2.46. The Morgan fingerprint density at radius 1 is 1.24 bits per heavy atom. The number of hydrogen-bond donors (Lipinski definition) is 2. The third kappa shape index (κ3) is 4.21. The molecule has 0 aliphatic rings. The summed E-state index contributed by atoms with van der Waals surface area (Å²) < 4.78 is 0. The molecule has 0 unspecified atom stereocenters. The highest BCUT2D eigenvalue weighted by atomic mass is 35.5. The zero-order valence-electron chi connectivity index (χ0n) is 10.9. The third-order valence-electron chi connectivity index (χ3n) is 2.51. The lowest BCUT2D eigenvalue weighted by atomic mass is 10.2. The van der Waals surface area contributed by atoms with Crippen LogP contribution in [0.4, 0.5) is 5.69 Å². The number of thioether (sulfide) groups is 1. The molecule has 0 fully saturated rings. The van der Waals surface area contributed by atoms with E-state index < -0.39 is 5.91 Å². The average molecular weight is 322 g/mol. The summed E-state index contributed by atoms with van der Waals surface area (Å²) in [6.45, 7) is 0. The minimum atomic E-state index is -0.420. The standard InChI is InChI=1S/C14H12ClN3O2S/c15-13-9(4-3-7-17-13)14(20)18-10-5-1-2-6-11(10)21-8-12(16)19/h1-7H,8H2,(H2,16,19)(H,18,20). The van der Waals surface area contributed by atoms with Gasteiger partial charge >= 0.3 is 0 Å². The zero-order chi connectivity index (χ0) is 15.2. The predicted octanol–water partition coefficient (Wildman–Crippen LogP) is 2.56. The van der Waals surface area contributed by atoms with Crippen molar-refractivity contribution in [2.24, 2.45) is 5.73 Å². The maximum absolute atomic E-state index is 12.2. The first kappa shape index (κ1) is 15.3. The molecule has 1 heterocycles. The van der Waals surface area contributed by atoms with E-state index in [0.717, 1.165) is 4.90 Å². The van der Waals surface area contributed by atoms with Crippen LogP contribution in [-0.4, -0.2) is 22.6 Å². The summed E-state index contributed by atoms with van der Waals surface area (Å²) in [6.07, 6.45) is 1.51. The number of pyridine rings is 1. The molecular formula is C14H12ClN3O2S. The topological polar surface area (TPSA) is 85.1 Å². The summed E-state index contributed by atoms with van der Waals surface area (Å²) in [7, 11) is 0. The number of anilines is 1. The molecule has 3 N–H and O–H groups in total. The van der Waals surface area contributed by atoms with Crippen LogP contribution < -0.4 is 11.1 Å². The van der Waals surface area contributed by atoms with Crippen LogP contribution in [0, 0.1) is 0 Å². The Hall–Kier alpha value is -2.05. The highest BCUT2D eigenvalue weighted by molar-refractivity contribution is 8.00. The van der Waals surface area contributed by atoms with Crippen LogP contribution in [0.5, 0.6) is 0 Å². The lowest BCUT2D eigenvalue weighted by Gasteiger charge is -2.10. The number of carbonyl (C=O) groups is 2. The summed E-state index contributed by atoms with van der Waals surface area (Å²) in [6, 6.07) is 10.4. The molecule has 2 rings (SSSR count). The number of halogens is 1. The Morgan fingerprint density at radius 2 is 2.00 bits per heavy atom. The molecule has 0 bridgehead atoms. The van der Waals surface area contributed by atoms with E-state index in [2.05, 4.69) is 10.3 Å². The van der Waals surface area contributed by atoms with E-state index in [1.54, 1.807) is 30.3 Å². The largest absolute Gasteiger partial charge is 0.369 e. The molecule has 1 aromatic heterocycles. The summed E-state index contributed by atoms with van der Waals surface area (Å²) in [5.41, 5.74) is 6.01. The van der Waals surface area contributed by atoms with Gasteiger partial charge in [0.15, 0.2) is 0 Å². The number of carbonyl (C=O) groups excluding carboxylic acids is 2. The fourth-order valence-corrected chi connectivity index (χ4v) is 2.54. The van der Waals surface area contributed by atoms with Crippen LogP contribution in [0.3, 0.4) is 0 Å². The molecule has 21 heavy (non-hydrogen) atoms. The van der Waals surface area contributed by atoms with Gasteiger partial charge in [-0.15, -0.1) is 11.8 Å². The number of aromatic nitrogens is 1. The fourth-order valence-electron chi connectivity index (χ4n) is 1.59. The van der Waals surface area contributed by atoms with Crippen LogP contribution in [0.15, 0.2) is 47.5 Å². The Labute approximate surface area is 130 Å². The minimum Gasteiger partial charge on any atom is -0.369 e. The van der Waals surface area contributed by atoms with Crippen molar-refractivity contribution in [2.45, 2.75) is 4.90 Å². The van der Waals surface area contributed by atoms with Crippen molar-refractivity contribution in [3.05, 3.63) is 53.3 Å². The maximum Gasteiger partial charge on any atom is 0.258 e. The van der Waals surface area contributed by atoms with Crippen LogP contribution in [0.25, 0.3) is 0 Å². The van der Waals surface area contributed by atoms with E-state index in [0.29, 0.717) is 5.69 Å². The summed E-state index contributed by atoms with van der Waals surface area (Å²) in [4.78, 5) is 27.7. The number of rotatable bonds is 5. The van der Waals surface area contributed by atoms with Gasteiger partial charge in [-0.1, -0.05) is 23.7 Å². The van der Waals surface area contributed by atoms with Crippen molar-refractivity contribution in [1.82, 2.24) is 4.98 Å². The number of primary amides is 1. The predicted molar refractivity (Wildman–Crippen MR) is 83.6 cm³/mol. The Kier molecular flexibility index (Phi) is 5.19. The van der Waals surface area contributed by atoms with E-state index in [9.17, 15) is 9.59 Å². The lowest BCUT2D eigenvalue weighted by Crippen LogP contribution is -2.15. The number of hydrogen-bond acceptors (Lipinski definition) is 4. The van der Waals surface area contributed by atoms with E-state index in [1.807, 2.05) is 6.07 Å². The van der Waals surface area contributed by atoms with Gasteiger partial charge in [0.2, 0.25) is 5.91 Å². The first-order chi connectivity index (χ1) is 10.1. The third-order valence-corrected chi connectivity index (χ3v) is 3.91. The van der Waals surface area contributed by atoms with E-state index >= 15 is 0 Å². The van der Waals surface area contributed by atoms with Gasteiger partial charge in [0.1, 0.15) is 5.15 Å². The molecule has 0 aliphatic carbocycles. The van der Waals surface area contributed by atoms with Crippen LogP contribution in [0.1, 0.15) is 10.4 Å². The van der Waals surface area contributed by atoms with Crippen molar-refractivity contribution in [2.75, 3.05) is 11.1 Å². The van der Waals surface area contributed by atoms with Gasteiger partial charge in [0.05, 0.1) is 17.0 Å². The van der Waals surface area contributed by atoms with Gasteiger partial charge in [-0.25, -0.2) is 4.98 Å². The van der Waals surface area contributed by atoms with Crippen molar-refractivity contribution in [1.29, 1.82) is 0 Å². The molecule has 108 valence electrons. The van der Waals surface area contributed by atoms with Crippen LogP contribution >= 0.6 is 23.4 Å². The molecule has 0 saturated heterocycles. The number of nitrogens with two attached hydrogens (primary N) is 1. The summed E-state index contributed by atoms with van der Waals surface area (Å²) in [5, 5.41) is 2.89. The maximum atomic E-state index is 12.2. The van der Waals surface area contributed by atoms with Crippen molar-refractivity contribution in [3.63, 3.8) is 0 Å². The van der Waals surface area contributed by atoms with Gasteiger partial charge in [-0.2, -0.15) is 0 Å². The molecule has 2 aromatic rings. The minimum absolute atomic E-state index is 0.136. The Balaban J connectivity index is 2.18. The molecule has 5 nitrogen and oxygen atoms in total. The second kappa shape index (κ2) is 7.10. The molecule has 0 atom stereocenters. The molecule has 7 heteroatoms. The molecule has 0 spiro atoms. The lowest BCUT2D eigenvalue weighted by molar-refractivity contribution is -0.115. The molecule has 0 saturated carbocycles. The number of nitrogens with zero attached hydrogens (tertiary/aromatic N) is 1. The normalized spacial score (nSPS) is 10.1. The van der Waals surface area contributed by atoms with E-state index in [-0.39, 0.29) is 22.4 Å². The molecule has 2 amide bonds. The number of amides is 2.